The number of pyridine rings is 1. The van der Waals surface area contributed by atoms with Crippen molar-refractivity contribution in [2.75, 3.05) is 5.32 Å². The number of rotatable bonds is 4. The molecule has 0 atom stereocenters. The summed E-state index contributed by atoms with van der Waals surface area (Å²) in [4.78, 5) is 15.8. The molecule has 0 aliphatic carbocycles. The summed E-state index contributed by atoms with van der Waals surface area (Å²) in [6.07, 6.45) is 0. The SMILES string of the molecule is O=C(Nc1ccc(OC(F)F)cc1)c1nc(Cl)ccc1Cl. The third-order valence-electron chi connectivity index (χ3n) is 2.36. The largest absolute Gasteiger partial charge is 0.435 e. The summed E-state index contributed by atoms with van der Waals surface area (Å²) in [5, 5.41) is 2.80. The van der Waals surface area contributed by atoms with Gasteiger partial charge in [-0.2, -0.15) is 8.78 Å². The predicted molar refractivity (Wildman–Crippen MR) is 75.3 cm³/mol. The maximum atomic E-state index is 12.0. The van der Waals surface area contributed by atoms with Gasteiger partial charge in [-0.1, -0.05) is 23.2 Å². The molecule has 1 amide bonds. The summed E-state index contributed by atoms with van der Waals surface area (Å²) >= 11 is 11.6. The molecule has 0 aliphatic heterocycles. The maximum Gasteiger partial charge on any atom is 0.387 e. The monoisotopic (exact) mass is 332 g/mol. The Labute approximate surface area is 128 Å². The molecular weight excluding hydrogens is 325 g/mol. The fourth-order valence-corrected chi connectivity index (χ4v) is 1.83. The number of benzene rings is 1. The highest BCUT2D eigenvalue weighted by molar-refractivity contribution is 6.35. The highest BCUT2D eigenvalue weighted by atomic mass is 35.5. The molecule has 1 N–H and O–H groups in total. The minimum absolute atomic E-state index is 0.0121. The number of anilines is 1. The van der Waals surface area contributed by atoms with E-state index in [0.717, 1.165) is 0 Å². The minimum Gasteiger partial charge on any atom is -0.435 e. The summed E-state index contributed by atoms with van der Waals surface area (Å²) in [7, 11) is 0. The second-order valence-corrected chi connectivity index (χ2v) is 4.62. The van der Waals surface area contributed by atoms with Gasteiger partial charge < -0.3 is 10.1 Å². The van der Waals surface area contributed by atoms with Crippen LogP contribution in [-0.4, -0.2) is 17.5 Å². The van der Waals surface area contributed by atoms with Gasteiger partial charge in [0.05, 0.1) is 5.02 Å². The normalized spacial score (nSPS) is 10.5. The zero-order valence-corrected chi connectivity index (χ0v) is 11.8. The van der Waals surface area contributed by atoms with E-state index in [4.69, 9.17) is 23.2 Å². The van der Waals surface area contributed by atoms with Crippen LogP contribution in [0.25, 0.3) is 0 Å². The molecule has 21 heavy (non-hydrogen) atoms. The van der Waals surface area contributed by atoms with Crippen LogP contribution in [0.4, 0.5) is 14.5 Å². The lowest BCUT2D eigenvalue weighted by atomic mass is 10.2. The molecule has 0 radical (unpaired) electrons. The van der Waals surface area contributed by atoms with E-state index in [1.807, 2.05) is 0 Å². The van der Waals surface area contributed by atoms with Crippen LogP contribution in [0.15, 0.2) is 36.4 Å². The van der Waals surface area contributed by atoms with Gasteiger partial charge in [-0.3, -0.25) is 4.79 Å². The smallest absolute Gasteiger partial charge is 0.387 e. The standard InChI is InChI=1S/C13H8Cl2F2N2O2/c14-9-5-6-10(15)19-11(9)12(20)18-7-1-3-8(4-2-7)21-13(16)17/h1-6,13H,(H,18,20). The van der Waals surface area contributed by atoms with E-state index < -0.39 is 12.5 Å². The topological polar surface area (TPSA) is 51.2 Å². The van der Waals surface area contributed by atoms with Crippen molar-refractivity contribution < 1.29 is 18.3 Å². The first-order chi connectivity index (χ1) is 9.95. The highest BCUT2D eigenvalue weighted by Crippen LogP contribution is 2.20. The summed E-state index contributed by atoms with van der Waals surface area (Å²) in [6.45, 7) is -2.90. The summed E-state index contributed by atoms with van der Waals surface area (Å²) in [5.41, 5.74) is 0.344. The first-order valence-electron chi connectivity index (χ1n) is 5.64. The second kappa shape index (κ2) is 6.69. The van der Waals surface area contributed by atoms with E-state index in [-0.39, 0.29) is 21.6 Å². The number of nitrogens with zero attached hydrogens (tertiary/aromatic N) is 1. The van der Waals surface area contributed by atoms with Gasteiger partial charge in [-0.05, 0) is 36.4 Å². The van der Waals surface area contributed by atoms with Gasteiger partial charge >= 0.3 is 6.61 Å². The van der Waals surface area contributed by atoms with Crippen molar-refractivity contribution in [3.63, 3.8) is 0 Å². The van der Waals surface area contributed by atoms with E-state index in [1.165, 1.54) is 36.4 Å². The molecule has 0 spiro atoms. The Morgan fingerprint density at radius 2 is 1.81 bits per heavy atom. The molecular formula is C13H8Cl2F2N2O2. The number of nitrogens with one attached hydrogen (secondary N) is 1. The number of carbonyl (C=O) groups excluding carboxylic acids is 1. The fourth-order valence-electron chi connectivity index (χ4n) is 1.49. The molecule has 0 unspecified atom stereocenters. The quantitative estimate of drug-likeness (QED) is 0.852. The lowest BCUT2D eigenvalue weighted by molar-refractivity contribution is -0.0498. The Morgan fingerprint density at radius 3 is 2.43 bits per heavy atom. The number of ether oxygens (including phenoxy) is 1. The number of carbonyl (C=O) groups is 1. The molecule has 0 saturated carbocycles. The zero-order valence-electron chi connectivity index (χ0n) is 10.3. The second-order valence-electron chi connectivity index (χ2n) is 3.82. The molecule has 2 rings (SSSR count). The van der Waals surface area contributed by atoms with Crippen LogP contribution in [0.5, 0.6) is 5.75 Å². The highest BCUT2D eigenvalue weighted by Gasteiger charge is 2.13. The van der Waals surface area contributed by atoms with Crippen molar-refractivity contribution in [3.8, 4) is 5.75 Å². The molecule has 1 heterocycles. The van der Waals surface area contributed by atoms with Gasteiger partial charge in [0.1, 0.15) is 16.6 Å². The Kier molecular flexibility index (Phi) is 4.93. The van der Waals surface area contributed by atoms with Crippen molar-refractivity contribution in [2.24, 2.45) is 0 Å². The zero-order chi connectivity index (χ0) is 15.4. The molecule has 0 aliphatic rings. The van der Waals surface area contributed by atoms with Crippen LogP contribution in [0.2, 0.25) is 10.2 Å². The van der Waals surface area contributed by atoms with Gasteiger partial charge in [0, 0.05) is 5.69 Å². The Morgan fingerprint density at radius 1 is 1.14 bits per heavy atom. The fraction of sp³-hybridized carbons (Fsp3) is 0.0769. The van der Waals surface area contributed by atoms with Crippen LogP contribution in [-0.2, 0) is 0 Å². The van der Waals surface area contributed by atoms with Gasteiger partial charge in [0.15, 0.2) is 0 Å². The molecule has 0 saturated heterocycles. The van der Waals surface area contributed by atoms with Crippen LogP contribution in [0.3, 0.4) is 0 Å². The number of alkyl halides is 2. The van der Waals surface area contributed by atoms with Crippen LogP contribution >= 0.6 is 23.2 Å². The Balaban J connectivity index is 2.10. The Hall–Kier alpha value is -1.92. The van der Waals surface area contributed by atoms with Gasteiger partial charge in [-0.25, -0.2) is 4.98 Å². The van der Waals surface area contributed by atoms with Crippen molar-refractivity contribution in [1.82, 2.24) is 4.98 Å². The summed E-state index contributed by atoms with van der Waals surface area (Å²) in [5.74, 6) is -0.577. The minimum atomic E-state index is -2.90. The van der Waals surface area contributed by atoms with Gasteiger partial charge in [0.25, 0.3) is 5.91 Å². The number of amides is 1. The first kappa shape index (κ1) is 15.5. The lowest BCUT2D eigenvalue weighted by Crippen LogP contribution is -2.14. The van der Waals surface area contributed by atoms with E-state index in [2.05, 4.69) is 15.0 Å². The molecule has 1 aromatic carbocycles. The first-order valence-corrected chi connectivity index (χ1v) is 6.39. The van der Waals surface area contributed by atoms with E-state index in [1.54, 1.807) is 0 Å². The van der Waals surface area contributed by atoms with E-state index >= 15 is 0 Å². The average Bonchev–Trinajstić information content (AvgIpc) is 2.43. The van der Waals surface area contributed by atoms with Gasteiger partial charge in [0.2, 0.25) is 0 Å². The Bertz CT molecular complexity index is 651. The molecule has 8 heteroatoms. The van der Waals surface area contributed by atoms with Crippen LogP contribution in [0, 0.1) is 0 Å². The van der Waals surface area contributed by atoms with Crippen LogP contribution < -0.4 is 10.1 Å². The summed E-state index contributed by atoms with van der Waals surface area (Å²) < 4.78 is 28.2. The molecule has 0 fully saturated rings. The average molecular weight is 333 g/mol. The summed E-state index contributed by atoms with van der Waals surface area (Å²) in [6, 6.07) is 8.33. The van der Waals surface area contributed by atoms with E-state index in [0.29, 0.717) is 5.69 Å². The number of halogens is 4. The number of aromatic nitrogens is 1. The predicted octanol–water partition coefficient (Wildman–Crippen LogP) is 4.24. The third-order valence-corrected chi connectivity index (χ3v) is 2.88. The molecule has 110 valence electrons. The molecule has 0 bridgehead atoms. The number of hydrogen-bond acceptors (Lipinski definition) is 3. The lowest BCUT2D eigenvalue weighted by Gasteiger charge is -2.08. The third kappa shape index (κ3) is 4.27. The van der Waals surface area contributed by atoms with Crippen molar-refractivity contribution in [3.05, 3.63) is 52.3 Å². The maximum absolute atomic E-state index is 12.0. The van der Waals surface area contributed by atoms with Crippen molar-refractivity contribution in [1.29, 1.82) is 0 Å². The number of hydrogen-bond donors (Lipinski definition) is 1. The van der Waals surface area contributed by atoms with Crippen molar-refractivity contribution in [2.45, 2.75) is 6.61 Å². The molecule has 1 aromatic heterocycles. The van der Waals surface area contributed by atoms with Crippen LogP contribution in [0.1, 0.15) is 10.5 Å². The van der Waals surface area contributed by atoms with Crippen molar-refractivity contribution >= 4 is 34.8 Å². The molecule has 4 nitrogen and oxygen atoms in total. The molecule has 2 aromatic rings. The van der Waals surface area contributed by atoms with Gasteiger partial charge in [-0.15, -0.1) is 0 Å². The van der Waals surface area contributed by atoms with E-state index in [9.17, 15) is 13.6 Å².